The van der Waals surface area contributed by atoms with Crippen LogP contribution in [0.2, 0.25) is 0 Å². The zero-order valence-corrected chi connectivity index (χ0v) is 15.8. The van der Waals surface area contributed by atoms with Crippen molar-refractivity contribution in [3.8, 4) is 0 Å². The molecule has 1 aliphatic heterocycles. The van der Waals surface area contributed by atoms with E-state index >= 15 is 0 Å². The molecule has 2 aromatic rings. The molecule has 1 saturated heterocycles. The van der Waals surface area contributed by atoms with Crippen LogP contribution in [0.15, 0.2) is 36.7 Å². The van der Waals surface area contributed by atoms with E-state index in [1.165, 1.54) is 5.56 Å². The molecule has 26 heavy (non-hydrogen) atoms. The third-order valence-electron chi connectivity index (χ3n) is 6.43. The highest BCUT2D eigenvalue weighted by Gasteiger charge is 2.58. The number of anilines is 1. The third-order valence-corrected chi connectivity index (χ3v) is 6.43. The quantitative estimate of drug-likeness (QED) is 0.881. The van der Waals surface area contributed by atoms with Gasteiger partial charge in [-0.25, -0.2) is 4.98 Å². The van der Waals surface area contributed by atoms with Gasteiger partial charge in [0.05, 0.1) is 23.7 Å². The molecule has 1 aliphatic carbocycles. The fourth-order valence-electron chi connectivity index (χ4n) is 4.53. The van der Waals surface area contributed by atoms with Crippen molar-refractivity contribution >= 4 is 11.6 Å². The van der Waals surface area contributed by atoms with Gasteiger partial charge in [-0.3, -0.25) is 4.79 Å². The van der Waals surface area contributed by atoms with E-state index in [0.29, 0.717) is 6.61 Å². The average Bonchev–Trinajstić information content (AvgIpc) is 3.36. The normalized spacial score (nSPS) is 28.3. The number of hydrogen-bond donors (Lipinski definition) is 1. The number of benzene rings is 1. The Morgan fingerprint density at radius 2 is 2.12 bits per heavy atom. The Morgan fingerprint density at radius 1 is 1.35 bits per heavy atom. The Kier molecular flexibility index (Phi) is 4.14. The van der Waals surface area contributed by atoms with Crippen molar-refractivity contribution in [2.45, 2.75) is 58.1 Å². The highest BCUT2D eigenvalue weighted by Crippen LogP contribution is 2.54. The topological polar surface area (TPSA) is 56.2 Å². The van der Waals surface area contributed by atoms with Crippen molar-refractivity contribution in [2.75, 3.05) is 11.9 Å². The first-order valence-electron chi connectivity index (χ1n) is 9.52. The number of imidazole rings is 1. The number of carbonyl (C=O) groups excluding carboxylic acids is 1. The molecule has 1 aromatic carbocycles. The fraction of sp³-hybridized carbons (Fsp3) is 0.524. The van der Waals surface area contributed by atoms with Gasteiger partial charge in [0, 0.05) is 18.1 Å². The van der Waals surface area contributed by atoms with Crippen molar-refractivity contribution < 1.29 is 9.53 Å². The lowest BCUT2D eigenvalue weighted by Crippen LogP contribution is -2.35. The Labute approximate surface area is 154 Å². The molecule has 1 aromatic heterocycles. The number of hydrogen-bond acceptors (Lipinski definition) is 3. The van der Waals surface area contributed by atoms with Crippen LogP contribution < -0.4 is 5.32 Å². The van der Waals surface area contributed by atoms with Crippen molar-refractivity contribution in [1.82, 2.24) is 9.55 Å². The molecule has 5 nitrogen and oxygen atoms in total. The number of aromatic nitrogens is 2. The van der Waals surface area contributed by atoms with E-state index in [9.17, 15) is 4.79 Å². The average molecular weight is 353 g/mol. The highest BCUT2D eigenvalue weighted by molar-refractivity contribution is 5.96. The molecule has 2 heterocycles. The first-order valence-corrected chi connectivity index (χ1v) is 9.52. The van der Waals surface area contributed by atoms with Gasteiger partial charge in [-0.2, -0.15) is 0 Å². The lowest BCUT2D eigenvalue weighted by Gasteiger charge is -2.27. The maximum Gasteiger partial charge on any atom is 0.233 e. The minimum absolute atomic E-state index is 0.0563. The van der Waals surface area contributed by atoms with E-state index < -0.39 is 0 Å². The van der Waals surface area contributed by atoms with Gasteiger partial charge in [-0.15, -0.1) is 0 Å². The molecule has 3 atom stereocenters. The SMILES string of the molecule is CC[C@@]12CC[C@](C(=O)Nc3ccc([C@H](C)n4ccnc4C)cc3)(CO1)C2. The van der Waals surface area contributed by atoms with Crippen LogP contribution in [-0.4, -0.2) is 27.7 Å². The summed E-state index contributed by atoms with van der Waals surface area (Å²) < 4.78 is 8.13. The van der Waals surface area contributed by atoms with Crippen molar-refractivity contribution in [1.29, 1.82) is 0 Å². The molecule has 2 bridgehead atoms. The maximum absolute atomic E-state index is 12.9. The number of fused-ring (bicyclic) bond motifs is 2. The molecule has 1 amide bonds. The highest BCUT2D eigenvalue weighted by atomic mass is 16.5. The van der Waals surface area contributed by atoms with Crippen molar-refractivity contribution in [2.24, 2.45) is 5.41 Å². The van der Waals surface area contributed by atoms with E-state index in [-0.39, 0.29) is 23.0 Å². The number of aryl methyl sites for hydroxylation is 1. The summed E-state index contributed by atoms with van der Waals surface area (Å²) in [5.41, 5.74) is 1.65. The maximum atomic E-state index is 12.9. The molecule has 0 radical (unpaired) electrons. The predicted molar refractivity (Wildman–Crippen MR) is 101 cm³/mol. The monoisotopic (exact) mass is 353 g/mol. The van der Waals surface area contributed by atoms with E-state index in [4.69, 9.17) is 4.74 Å². The summed E-state index contributed by atoms with van der Waals surface area (Å²) in [6.07, 6.45) is 7.59. The molecular formula is C21H27N3O2. The van der Waals surface area contributed by atoms with Crippen LogP contribution in [0.1, 0.15) is 57.0 Å². The van der Waals surface area contributed by atoms with Gasteiger partial charge in [-0.05, 0) is 57.2 Å². The molecule has 2 aliphatic rings. The van der Waals surface area contributed by atoms with Crippen LogP contribution in [0, 0.1) is 12.3 Å². The number of carbonyl (C=O) groups is 1. The third kappa shape index (κ3) is 2.75. The summed E-state index contributed by atoms with van der Waals surface area (Å²) in [6, 6.07) is 8.35. The molecule has 138 valence electrons. The Morgan fingerprint density at radius 3 is 2.65 bits per heavy atom. The van der Waals surface area contributed by atoms with E-state index in [2.05, 4.69) is 40.8 Å². The summed E-state index contributed by atoms with van der Waals surface area (Å²) in [4.78, 5) is 17.2. The zero-order chi connectivity index (χ0) is 18.4. The molecule has 0 unspecified atom stereocenters. The number of amides is 1. The summed E-state index contributed by atoms with van der Waals surface area (Å²) in [5.74, 6) is 1.10. The largest absolute Gasteiger partial charge is 0.374 e. The van der Waals surface area contributed by atoms with Gasteiger partial charge >= 0.3 is 0 Å². The Balaban J connectivity index is 1.45. The molecule has 0 spiro atoms. The minimum Gasteiger partial charge on any atom is -0.374 e. The molecule has 5 heteroatoms. The van der Waals surface area contributed by atoms with Crippen LogP contribution in [0.5, 0.6) is 0 Å². The van der Waals surface area contributed by atoms with Gasteiger partial charge in [0.15, 0.2) is 0 Å². The zero-order valence-electron chi connectivity index (χ0n) is 15.8. The minimum atomic E-state index is -0.337. The summed E-state index contributed by atoms with van der Waals surface area (Å²) >= 11 is 0. The van der Waals surface area contributed by atoms with Crippen molar-refractivity contribution in [3.05, 3.63) is 48.0 Å². The number of nitrogens with zero attached hydrogens (tertiary/aromatic N) is 2. The fourth-order valence-corrected chi connectivity index (χ4v) is 4.53. The first-order chi connectivity index (χ1) is 12.5. The van der Waals surface area contributed by atoms with Crippen LogP contribution in [0.3, 0.4) is 0 Å². The second-order valence-corrected chi connectivity index (χ2v) is 7.92. The second-order valence-electron chi connectivity index (χ2n) is 7.92. The number of rotatable bonds is 5. The van der Waals surface area contributed by atoms with Gasteiger partial charge in [-0.1, -0.05) is 19.1 Å². The second kappa shape index (κ2) is 6.23. The molecular weight excluding hydrogens is 326 g/mol. The molecule has 2 fully saturated rings. The molecule has 4 rings (SSSR count). The van der Waals surface area contributed by atoms with Gasteiger partial charge in [0.25, 0.3) is 0 Å². The first kappa shape index (κ1) is 17.3. The standard InChI is InChI=1S/C21H27N3O2/c1-4-21-10-9-20(13-21,14-26-21)19(25)23-18-7-5-17(6-8-18)15(2)24-12-11-22-16(24)3/h5-8,11-12,15H,4,9-10,13-14H2,1-3H3,(H,23,25)/t15-,20+,21-/m0/s1. The summed E-state index contributed by atoms with van der Waals surface area (Å²) in [7, 11) is 0. The Hall–Kier alpha value is -2.14. The smallest absolute Gasteiger partial charge is 0.233 e. The van der Waals surface area contributed by atoms with Crippen molar-refractivity contribution in [3.63, 3.8) is 0 Å². The molecule has 1 saturated carbocycles. The van der Waals surface area contributed by atoms with E-state index in [1.807, 2.05) is 31.5 Å². The lowest BCUT2D eigenvalue weighted by atomic mass is 9.86. The predicted octanol–water partition coefficient (Wildman–Crippen LogP) is 4.09. The van der Waals surface area contributed by atoms with E-state index in [1.54, 1.807) is 0 Å². The number of ether oxygens (including phenoxy) is 1. The molecule has 1 N–H and O–H groups in total. The lowest BCUT2D eigenvalue weighted by molar-refractivity contribution is -0.127. The summed E-state index contributed by atoms with van der Waals surface area (Å²) in [6.45, 7) is 6.87. The van der Waals surface area contributed by atoms with Crippen LogP contribution in [0.4, 0.5) is 5.69 Å². The Bertz CT molecular complexity index is 801. The van der Waals surface area contributed by atoms with Crippen LogP contribution in [0.25, 0.3) is 0 Å². The van der Waals surface area contributed by atoms with Crippen LogP contribution >= 0.6 is 0 Å². The van der Waals surface area contributed by atoms with Gasteiger partial charge < -0.3 is 14.6 Å². The number of nitrogens with one attached hydrogen (secondary N) is 1. The van der Waals surface area contributed by atoms with E-state index in [0.717, 1.165) is 37.2 Å². The van der Waals surface area contributed by atoms with Gasteiger partial charge in [0.1, 0.15) is 5.82 Å². The van der Waals surface area contributed by atoms with Gasteiger partial charge in [0.2, 0.25) is 5.91 Å². The summed E-state index contributed by atoms with van der Waals surface area (Å²) in [5, 5.41) is 3.12. The van der Waals surface area contributed by atoms with Crippen LogP contribution in [-0.2, 0) is 9.53 Å².